The SMILES string of the molecule is Cc1nc(CC(=O)N(Cc2ccccc2)C2C[C@H]3CC[C@@H](C2)N3C)cs1. The van der Waals surface area contributed by atoms with Gasteiger partial charge in [0.15, 0.2) is 0 Å². The van der Waals surface area contributed by atoms with E-state index in [0.717, 1.165) is 23.5 Å². The summed E-state index contributed by atoms with van der Waals surface area (Å²) in [5, 5.41) is 3.05. The van der Waals surface area contributed by atoms with Crippen molar-refractivity contribution >= 4 is 17.2 Å². The Bertz CT molecular complexity index is 746. The Labute approximate surface area is 159 Å². The van der Waals surface area contributed by atoms with Crippen LogP contribution in [0.25, 0.3) is 0 Å². The number of benzene rings is 1. The third-order valence-corrected chi connectivity index (χ3v) is 6.85. The maximum absolute atomic E-state index is 13.2. The monoisotopic (exact) mass is 369 g/mol. The highest BCUT2D eigenvalue weighted by molar-refractivity contribution is 7.09. The Morgan fingerprint density at radius 1 is 1.23 bits per heavy atom. The minimum atomic E-state index is 0.216. The smallest absolute Gasteiger partial charge is 0.229 e. The molecule has 2 aromatic rings. The molecule has 2 aliphatic heterocycles. The first-order valence-corrected chi connectivity index (χ1v) is 10.4. The summed E-state index contributed by atoms with van der Waals surface area (Å²) >= 11 is 1.62. The minimum Gasteiger partial charge on any atom is -0.335 e. The van der Waals surface area contributed by atoms with Crippen molar-refractivity contribution in [2.24, 2.45) is 0 Å². The molecule has 0 N–H and O–H groups in total. The van der Waals surface area contributed by atoms with Crippen LogP contribution < -0.4 is 0 Å². The van der Waals surface area contributed by atoms with E-state index in [1.807, 2.05) is 18.4 Å². The zero-order valence-electron chi connectivity index (χ0n) is 15.6. The van der Waals surface area contributed by atoms with Gasteiger partial charge in [-0.15, -0.1) is 11.3 Å². The van der Waals surface area contributed by atoms with E-state index in [1.54, 1.807) is 11.3 Å². The van der Waals surface area contributed by atoms with Crippen LogP contribution in [-0.4, -0.2) is 45.9 Å². The van der Waals surface area contributed by atoms with E-state index in [4.69, 9.17) is 0 Å². The number of aryl methyl sites for hydroxylation is 1. The lowest BCUT2D eigenvalue weighted by Crippen LogP contribution is -2.50. The van der Waals surface area contributed by atoms with E-state index in [9.17, 15) is 4.79 Å². The molecule has 0 spiro atoms. The lowest BCUT2D eigenvalue weighted by molar-refractivity contribution is -0.135. The Hall–Kier alpha value is -1.72. The minimum absolute atomic E-state index is 0.216. The second-order valence-corrected chi connectivity index (χ2v) is 8.78. The number of thiazole rings is 1. The van der Waals surface area contributed by atoms with Gasteiger partial charge in [0.1, 0.15) is 0 Å². The van der Waals surface area contributed by atoms with Crippen molar-refractivity contribution in [3.63, 3.8) is 0 Å². The zero-order valence-corrected chi connectivity index (χ0v) is 16.4. The molecule has 2 aliphatic rings. The molecule has 1 amide bonds. The first-order chi connectivity index (χ1) is 12.6. The van der Waals surface area contributed by atoms with Crippen molar-refractivity contribution in [3.05, 3.63) is 52.0 Å². The summed E-state index contributed by atoms with van der Waals surface area (Å²) in [7, 11) is 2.25. The van der Waals surface area contributed by atoms with Crippen molar-refractivity contribution in [1.82, 2.24) is 14.8 Å². The summed E-state index contributed by atoms with van der Waals surface area (Å²) in [6.07, 6.45) is 5.16. The highest BCUT2D eigenvalue weighted by Crippen LogP contribution is 2.37. The Balaban J connectivity index is 1.54. The van der Waals surface area contributed by atoms with Gasteiger partial charge in [-0.1, -0.05) is 30.3 Å². The van der Waals surface area contributed by atoms with Crippen LogP contribution in [0.15, 0.2) is 35.7 Å². The van der Waals surface area contributed by atoms with Crippen LogP contribution in [0.3, 0.4) is 0 Å². The van der Waals surface area contributed by atoms with Crippen molar-refractivity contribution in [2.75, 3.05) is 7.05 Å². The fraction of sp³-hybridized carbons (Fsp3) is 0.524. The van der Waals surface area contributed by atoms with Crippen LogP contribution in [-0.2, 0) is 17.8 Å². The van der Waals surface area contributed by atoms with Crippen LogP contribution in [0.1, 0.15) is 41.9 Å². The van der Waals surface area contributed by atoms with Crippen molar-refractivity contribution < 1.29 is 4.79 Å². The Morgan fingerprint density at radius 2 is 1.92 bits per heavy atom. The number of carbonyl (C=O) groups is 1. The molecular weight excluding hydrogens is 342 g/mol. The van der Waals surface area contributed by atoms with Crippen molar-refractivity contribution in [1.29, 1.82) is 0 Å². The number of nitrogens with zero attached hydrogens (tertiary/aromatic N) is 3. The number of hydrogen-bond acceptors (Lipinski definition) is 4. The van der Waals surface area contributed by atoms with Crippen LogP contribution in [0.5, 0.6) is 0 Å². The summed E-state index contributed by atoms with van der Waals surface area (Å²) in [5.41, 5.74) is 2.12. The third-order valence-electron chi connectivity index (χ3n) is 6.03. The molecule has 1 aromatic carbocycles. The molecule has 3 atom stereocenters. The van der Waals surface area contributed by atoms with Gasteiger partial charge in [-0.25, -0.2) is 4.98 Å². The summed E-state index contributed by atoms with van der Waals surface area (Å²) in [4.78, 5) is 22.4. The van der Waals surface area contributed by atoms with E-state index >= 15 is 0 Å². The molecule has 1 unspecified atom stereocenters. The number of aromatic nitrogens is 1. The fourth-order valence-corrected chi connectivity index (χ4v) is 5.20. The normalized spacial score (nSPS) is 25.4. The molecule has 1 aromatic heterocycles. The predicted molar refractivity (Wildman–Crippen MR) is 105 cm³/mol. The lowest BCUT2D eigenvalue weighted by atomic mass is 9.95. The molecule has 0 aliphatic carbocycles. The van der Waals surface area contributed by atoms with Crippen molar-refractivity contribution in [2.45, 2.75) is 63.7 Å². The molecule has 0 saturated carbocycles. The van der Waals surface area contributed by atoms with Crippen LogP contribution in [0, 0.1) is 6.92 Å². The highest BCUT2D eigenvalue weighted by atomic mass is 32.1. The maximum Gasteiger partial charge on any atom is 0.229 e. The topological polar surface area (TPSA) is 36.4 Å². The molecule has 3 heterocycles. The average molecular weight is 370 g/mol. The van der Waals surface area contributed by atoms with Crippen LogP contribution >= 0.6 is 11.3 Å². The van der Waals surface area contributed by atoms with E-state index in [1.165, 1.54) is 18.4 Å². The molecule has 4 rings (SSSR count). The van der Waals surface area contributed by atoms with E-state index in [2.05, 4.69) is 46.1 Å². The molecule has 2 fully saturated rings. The molecule has 2 saturated heterocycles. The molecule has 5 heteroatoms. The Kier molecular flexibility index (Phi) is 5.09. The second kappa shape index (κ2) is 7.49. The molecule has 0 radical (unpaired) electrons. The highest BCUT2D eigenvalue weighted by Gasteiger charge is 2.41. The zero-order chi connectivity index (χ0) is 18.1. The largest absolute Gasteiger partial charge is 0.335 e. The van der Waals surface area contributed by atoms with Gasteiger partial charge in [-0.05, 0) is 45.2 Å². The number of carbonyl (C=O) groups excluding carboxylic acids is 1. The molecule has 26 heavy (non-hydrogen) atoms. The first-order valence-electron chi connectivity index (χ1n) is 9.56. The molecule has 2 bridgehead atoms. The van der Waals surface area contributed by atoms with Gasteiger partial charge in [0.25, 0.3) is 0 Å². The van der Waals surface area contributed by atoms with Crippen LogP contribution in [0.2, 0.25) is 0 Å². The van der Waals surface area contributed by atoms with Gasteiger partial charge < -0.3 is 9.80 Å². The number of rotatable bonds is 5. The van der Waals surface area contributed by atoms with Crippen molar-refractivity contribution in [3.8, 4) is 0 Å². The molecule has 138 valence electrons. The van der Waals surface area contributed by atoms with Gasteiger partial charge in [-0.2, -0.15) is 0 Å². The van der Waals surface area contributed by atoms with Crippen LogP contribution in [0.4, 0.5) is 0 Å². The van der Waals surface area contributed by atoms with E-state index in [0.29, 0.717) is 31.1 Å². The number of piperidine rings is 1. The Morgan fingerprint density at radius 3 is 2.54 bits per heavy atom. The van der Waals surface area contributed by atoms with E-state index < -0.39 is 0 Å². The fourth-order valence-electron chi connectivity index (χ4n) is 4.58. The summed E-state index contributed by atoms with van der Waals surface area (Å²) in [6, 6.07) is 12.0. The van der Waals surface area contributed by atoms with E-state index in [-0.39, 0.29) is 5.91 Å². The quantitative estimate of drug-likeness (QED) is 0.807. The first kappa shape index (κ1) is 17.7. The lowest BCUT2D eigenvalue weighted by Gasteiger charge is -2.42. The summed E-state index contributed by atoms with van der Waals surface area (Å²) in [5.74, 6) is 0.216. The summed E-state index contributed by atoms with van der Waals surface area (Å²) in [6.45, 7) is 2.70. The summed E-state index contributed by atoms with van der Waals surface area (Å²) < 4.78 is 0. The standard InChI is InChI=1S/C21H27N3OS/c1-15-22-17(14-26-15)10-21(25)24(13-16-6-4-3-5-7-16)20-11-18-8-9-19(12-20)23(18)2/h3-7,14,18-20H,8-13H2,1-2H3/t18-,19+,20?. The van der Waals surface area contributed by atoms with Gasteiger partial charge >= 0.3 is 0 Å². The molecule has 4 nitrogen and oxygen atoms in total. The number of hydrogen-bond donors (Lipinski definition) is 0. The van der Waals surface area contributed by atoms with Gasteiger partial charge in [-0.3, -0.25) is 4.79 Å². The third kappa shape index (κ3) is 3.69. The number of amides is 1. The average Bonchev–Trinajstić information content (AvgIpc) is 3.11. The maximum atomic E-state index is 13.2. The van der Waals surface area contributed by atoms with Gasteiger partial charge in [0, 0.05) is 30.1 Å². The predicted octanol–water partition coefficient (Wildman–Crippen LogP) is 3.65. The van der Waals surface area contributed by atoms with Gasteiger partial charge in [0.2, 0.25) is 5.91 Å². The molecular formula is C21H27N3OS. The second-order valence-electron chi connectivity index (χ2n) is 7.72. The number of fused-ring (bicyclic) bond motifs is 2. The van der Waals surface area contributed by atoms with Gasteiger partial charge in [0.05, 0.1) is 17.1 Å².